The minimum atomic E-state index is -3.72. The van der Waals surface area contributed by atoms with Gasteiger partial charge in [0.15, 0.2) is 11.5 Å². The van der Waals surface area contributed by atoms with Gasteiger partial charge in [-0.2, -0.15) is 0 Å². The zero-order valence-electron chi connectivity index (χ0n) is 12.4. The number of nitrogens with one attached hydrogen (secondary N) is 1. The van der Waals surface area contributed by atoms with Crippen LogP contribution in [0, 0.1) is 0 Å². The van der Waals surface area contributed by atoms with Crippen molar-refractivity contribution in [2.24, 2.45) is 0 Å². The number of fused-ring (bicyclic) bond motifs is 1. The Morgan fingerprint density at radius 3 is 2.57 bits per heavy atom. The van der Waals surface area contributed by atoms with E-state index in [1.165, 1.54) is 37.7 Å². The normalized spacial score (nSPS) is 11.4. The third-order valence-corrected chi connectivity index (χ3v) is 5.42. The Morgan fingerprint density at radius 1 is 1.04 bits per heavy atom. The molecule has 120 valence electrons. The maximum absolute atomic E-state index is 12.5. The van der Waals surface area contributed by atoms with E-state index in [1.54, 1.807) is 29.8 Å². The molecule has 0 aliphatic rings. The number of hydrogen-bond acceptors (Lipinski definition) is 6. The predicted molar refractivity (Wildman–Crippen MR) is 90.0 cm³/mol. The Balaban J connectivity index is 1.94. The van der Waals surface area contributed by atoms with Gasteiger partial charge in [0.2, 0.25) is 0 Å². The molecule has 0 fully saturated rings. The molecular weight excluding hydrogens is 336 g/mol. The number of anilines is 1. The van der Waals surface area contributed by atoms with E-state index < -0.39 is 10.0 Å². The summed E-state index contributed by atoms with van der Waals surface area (Å²) in [5, 5.41) is 0. The fraction of sp³-hybridized carbons (Fsp3) is 0.133. The smallest absolute Gasteiger partial charge is 0.262 e. The lowest BCUT2D eigenvalue weighted by Crippen LogP contribution is -2.13. The first-order valence-corrected chi connectivity index (χ1v) is 8.98. The molecule has 0 bridgehead atoms. The molecule has 23 heavy (non-hydrogen) atoms. The van der Waals surface area contributed by atoms with Gasteiger partial charge in [0.25, 0.3) is 10.0 Å². The van der Waals surface area contributed by atoms with E-state index in [0.29, 0.717) is 17.2 Å². The number of sulfonamides is 1. The lowest BCUT2D eigenvalue weighted by molar-refractivity contribution is 0.354. The molecule has 3 rings (SSSR count). The first-order valence-electron chi connectivity index (χ1n) is 6.61. The van der Waals surface area contributed by atoms with Crippen molar-refractivity contribution in [3.05, 3.63) is 41.9 Å². The number of hydrogen-bond donors (Lipinski definition) is 1. The topological polar surface area (TPSA) is 77.5 Å². The summed E-state index contributed by atoms with van der Waals surface area (Å²) in [6.45, 7) is 0. The van der Waals surface area contributed by atoms with E-state index in [9.17, 15) is 8.42 Å². The highest BCUT2D eigenvalue weighted by molar-refractivity contribution is 7.92. The first kappa shape index (κ1) is 15.6. The first-order chi connectivity index (χ1) is 11.0. The summed E-state index contributed by atoms with van der Waals surface area (Å²) in [5.41, 5.74) is 3.04. The van der Waals surface area contributed by atoms with Gasteiger partial charge < -0.3 is 9.47 Å². The van der Waals surface area contributed by atoms with Crippen LogP contribution in [0.25, 0.3) is 10.2 Å². The van der Waals surface area contributed by atoms with Crippen molar-refractivity contribution in [2.75, 3.05) is 18.9 Å². The highest BCUT2D eigenvalue weighted by atomic mass is 32.2. The van der Waals surface area contributed by atoms with Gasteiger partial charge >= 0.3 is 0 Å². The minimum absolute atomic E-state index is 0.0968. The molecule has 0 atom stereocenters. The van der Waals surface area contributed by atoms with Gasteiger partial charge in [-0.05, 0) is 30.3 Å². The van der Waals surface area contributed by atoms with Gasteiger partial charge in [0, 0.05) is 6.07 Å². The molecule has 0 aliphatic heterocycles. The molecule has 8 heteroatoms. The van der Waals surface area contributed by atoms with E-state index >= 15 is 0 Å². The summed E-state index contributed by atoms with van der Waals surface area (Å²) in [6, 6.07) is 9.66. The fourth-order valence-corrected chi connectivity index (χ4v) is 3.90. The van der Waals surface area contributed by atoms with Crippen LogP contribution in [0.15, 0.2) is 46.8 Å². The van der Waals surface area contributed by atoms with Crippen LogP contribution in [-0.2, 0) is 10.0 Å². The number of aromatic nitrogens is 1. The van der Waals surface area contributed by atoms with Gasteiger partial charge in [0.05, 0.1) is 40.5 Å². The second-order valence-electron chi connectivity index (χ2n) is 4.66. The largest absolute Gasteiger partial charge is 0.493 e. The van der Waals surface area contributed by atoms with Crippen molar-refractivity contribution in [1.82, 2.24) is 4.98 Å². The summed E-state index contributed by atoms with van der Waals surface area (Å²) in [6.07, 6.45) is 0. The molecule has 0 amide bonds. The van der Waals surface area contributed by atoms with Gasteiger partial charge in [-0.25, -0.2) is 13.4 Å². The van der Waals surface area contributed by atoms with Crippen LogP contribution in [0.3, 0.4) is 0 Å². The molecule has 6 nitrogen and oxygen atoms in total. The van der Waals surface area contributed by atoms with Crippen molar-refractivity contribution in [3.63, 3.8) is 0 Å². The van der Waals surface area contributed by atoms with Gasteiger partial charge in [-0.3, -0.25) is 4.72 Å². The zero-order chi connectivity index (χ0) is 16.4. The Labute approximate surface area is 137 Å². The van der Waals surface area contributed by atoms with E-state index in [-0.39, 0.29) is 4.90 Å². The molecule has 0 radical (unpaired) electrons. The molecular formula is C15H14N2O4S2. The van der Waals surface area contributed by atoms with Crippen molar-refractivity contribution < 1.29 is 17.9 Å². The van der Waals surface area contributed by atoms with Crippen molar-refractivity contribution in [2.45, 2.75) is 4.90 Å². The number of methoxy groups -OCH3 is 2. The number of benzene rings is 2. The van der Waals surface area contributed by atoms with Gasteiger partial charge in [0.1, 0.15) is 0 Å². The van der Waals surface area contributed by atoms with Gasteiger partial charge in [-0.15, -0.1) is 11.3 Å². The molecule has 3 aromatic rings. The second kappa shape index (κ2) is 6.05. The van der Waals surface area contributed by atoms with Crippen molar-refractivity contribution in [1.29, 1.82) is 0 Å². The van der Waals surface area contributed by atoms with Crippen LogP contribution in [0.2, 0.25) is 0 Å². The monoisotopic (exact) mass is 350 g/mol. The lowest BCUT2D eigenvalue weighted by atomic mass is 10.3. The van der Waals surface area contributed by atoms with Crippen LogP contribution in [-0.4, -0.2) is 27.6 Å². The van der Waals surface area contributed by atoms with Crippen LogP contribution in [0.4, 0.5) is 5.69 Å². The maximum Gasteiger partial charge on any atom is 0.262 e. The van der Waals surface area contributed by atoms with Gasteiger partial charge in [-0.1, -0.05) is 0 Å². The quantitative estimate of drug-likeness (QED) is 0.765. The lowest BCUT2D eigenvalue weighted by Gasteiger charge is -2.11. The third-order valence-electron chi connectivity index (χ3n) is 3.25. The summed E-state index contributed by atoms with van der Waals surface area (Å²) in [7, 11) is -0.772. The Bertz CT molecular complexity index is 951. The molecule has 0 saturated carbocycles. The van der Waals surface area contributed by atoms with E-state index in [0.717, 1.165) is 10.2 Å². The minimum Gasteiger partial charge on any atom is -0.493 e. The van der Waals surface area contributed by atoms with Crippen molar-refractivity contribution >= 4 is 37.3 Å². The Morgan fingerprint density at radius 2 is 1.83 bits per heavy atom. The number of nitrogens with zero attached hydrogens (tertiary/aromatic N) is 1. The molecule has 1 aromatic heterocycles. The summed E-state index contributed by atoms with van der Waals surface area (Å²) in [4.78, 5) is 4.26. The molecule has 0 aliphatic carbocycles. The number of thiazole rings is 1. The highest BCUT2D eigenvalue weighted by Crippen LogP contribution is 2.30. The van der Waals surface area contributed by atoms with Crippen LogP contribution in [0.5, 0.6) is 11.5 Å². The van der Waals surface area contributed by atoms with E-state index in [2.05, 4.69) is 9.71 Å². The number of ether oxygens (including phenoxy) is 2. The standard InChI is InChI=1S/C15H14N2O4S2/c1-20-13-6-4-11(8-14(13)21-2)23(18,19)17-10-3-5-12-15(7-10)22-9-16-12/h3-9,17H,1-2H3. The number of rotatable bonds is 5. The van der Waals surface area contributed by atoms with Crippen molar-refractivity contribution in [3.8, 4) is 11.5 Å². The molecule has 1 N–H and O–H groups in total. The average Bonchev–Trinajstić information content (AvgIpc) is 3.01. The van der Waals surface area contributed by atoms with Crippen LogP contribution >= 0.6 is 11.3 Å². The maximum atomic E-state index is 12.5. The van der Waals surface area contributed by atoms with Crippen LogP contribution in [0.1, 0.15) is 0 Å². The molecule has 2 aromatic carbocycles. The molecule has 1 heterocycles. The Kier molecular flexibility index (Phi) is 4.10. The molecule has 0 saturated heterocycles. The molecule has 0 unspecified atom stereocenters. The molecule has 0 spiro atoms. The second-order valence-corrected chi connectivity index (χ2v) is 7.23. The average molecular weight is 350 g/mol. The zero-order valence-corrected chi connectivity index (χ0v) is 14.1. The van der Waals surface area contributed by atoms with E-state index in [4.69, 9.17) is 9.47 Å². The highest BCUT2D eigenvalue weighted by Gasteiger charge is 2.17. The van der Waals surface area contributed by atoms with Crippen LogP contribution < -0.4 is 14.2 Å². The SMILES string of the molecule is COc1ccc(S(=O)(=O)Nc2ccc3ncsc3c2)cc1OC. The third kappa shape index (κ3) is 3.08. The van der Waals surface area contributed by atoms with E-state index in [1.807, 2.05) is 0 Å². The fourth-order valence-electron chi connectivity index (χ4n) is 2.12. The Hall–Kier alpha value is -2.32. The summed E-state index contributed by atoms with van der Waals surface area (Å²) in [5.74, 6) is 0.825. The summed E-state index contributed by atoms with van der Waals surface area (Å²) >= 11 is 1.45. The summed E-state index contributed by atoms with van der Waals surface area (Å²) < 4.78 is 38.8. The predicted octanol–water partition coefficient (Wildman–Crippen LogP) is 3.11.